The van der Waals surface area contributed by atoms with Crippen molar-refractivity contribution in [2.45, 2.75) is 25.6 Å². The minimum absolute atomic E-state index is 0.0137. The maximum atomic E-state index is 13.3. The number of morpholine rings is 1. The third-order valence-corrected chi connectivity index (χ3v) is 5.66. The van der Waals surface area contributed by atoms with Crippen LogP contribution in [0, 0.1) is 5.82 Å². The van der Waals surface area contributed by atoms with E-state index in [1.807, 2.05) is 31.2 Å². The van der Waals surface area contributed by atoms with Gasteiger partial charge in [-0.05, 0) is 43.2 Å². The van der Waals surface area contributed by atoms with E-state index in [0.29, 0.717) is 26.2 Å². The summed E-state index contributed by atoms with van der Waals surface area (Å²) in [5.41, 5.74) is 1.76. The van der Waals surface area contributed by atoms with Crippen LogP contribution in [0.3, 0.4) is 0 Å². The van der Waals surface area contributed by atoms with Gasteiger partial charge in [-0.15, -0.1) is 0 Å². The van der Waals surface area contributed by atoms with Gasteiger partial charge in [-0.3, -0.25) is 9.79 Å². The number of para-hydroxylation sites is 2. The number of carbonyl (C=O) groups excluding carboxylic acids is 1. The average molecular weight is 441 g/mol. The zero-order valence-electron chi connectivity index (χ0n) is 18.5. The molecule has 2 aliphatic heterocycles. The molecule has 2 atom stereocenters. The molecule has 2 aliphatic rings. The lowest BCUT2D eigenvalue weighted by Crippen LogP contribution is -2.51. The minimum atomic E-state index is -0.256. The molecule has 0 spiro atoms. The van der Waals surface area contributed by atoms with Gasteiger partial charge in [0.25, 0.3) is 5.91 Å². The lowest BCUT2D eigenvalue weighted by molar-refractivity contribution is -0.121. The predicted octanol–water partition coefficient (Wildman–Crippen LogP) is 2.98. The number of benzene rings is 2. The highest BCUT2D eigenvalue weighted by atomic mass is 19.1. The lowest BCUT2D eigenvalue weighted by atomic mass is 10.1. The molecule has 0 radical (unpaired) electrons. The lowest BCUT2D eigenvalue weighted by Gasteiger charge is -2.38. The second-order valence-corrected chi connectivity index (χ2v) is 8.02. The van der Waals surface area contributed by atoms with Crippen LogP contribution >= 0.6 is 0 Å². The number of nitrogens with zero attached hydrogens (tertiary/aromatic N) is 3. The van der Waals surface area contributed by atoms with Crippen molar-refractivity contribution in [2.24, 2.45) is 4.99 Å². The molecule has 32 heavy (non-hydrogen) atoms. The van der Waals surface area contributed by atoms with Crippen LogP contribution < -0.4 is 15.0 Å². The van der Waals surface area contributed by atoms with E-state index in [-0.39, 0.29) is 30.5 Å². The largest absolute Gasteiger partial charge is 0.482 e. The highest BCUT2D eigenvalue weighted by molar-refractivity contribution is 5.97. The van der Waals surface area contributed by atoms with Gasteiger partial charge in [0.1, 0.15) is 17.7 Å². The van der Waals surface area contributed by atoms with Gasteiger partial charge in [-0.1, -0.05) is 24.3 Å². The van der Waals surface area contributed by atoms with Crippen LogP contribution in [0.15, 0.2) is 53.5 Å². The second-order valence-electron chi connectivity index (χ2n) is 8.02. The van der Waals surface area contributed by atoms with E-state index in [1.54, 1.807) is 24.1 Å². The first-order valence-corrected chi connectivity index (χ1v) is 10.9. The van der Waals surface area contributed by atoms with E-state index in [0.717, 1.165) is 29.4 Å². The Hall–Kier alpha value is -3.13. The maximum Gasteiger partial charge on any atom is 0.265 e. The molecule has 0 aliphatic carbocycles. The molecular formula is C24H29FN4O3. The van der Waals surface area contributed by atoms with Crippen LogP contribution in [-0.4, -0.2) is 62.7 Å². The van der Waals surface area contributed by atoms with Crippen LogP contribution in [0.25, 0.3) is 0 Å². The number of carbonyl (C=O) groups is 1. The van der Waals surface area contributed by atoms with Crippen molar-refractivity contribution < 1.29 is 18.7 Å². The van der Waals surface area contributed by atoms with Crippen molar-refractivity contribution in [3.8, 4) is 5.75 Å². The van der Waals surface area contributed by atoms with E-state index in [4.69, 9.17) is 9.47 Å². The number of aliphatic imine (C=N–C) groups is 1. The summed E-state index contributed by atoms with van der Waals surface area (Å²) in [5, 5.41) is 3.41. The first kappa shape index (κ1) is 22.1. The first-order valence-electron chi connectivity index (χ1n) is 10.9. The van der Waals surface area contributed by atoms with Crippen molar-refractivity contribution in [2.75, 3.05) is 44.7 Å². The molecule has 4 rings (SSSR count). The summed E-state index contributed by atoms with van der Waals surface area (Å²) >= 11 is 0. The Labute approximate surface area is 187 Å². The van der Waals surface area contributed by atoms with Gasteiger partial charge in [0, 0.05) is 26.7 Å². The second kappa shape index (κ2) is 9.99. The highest BCUT2D eigenvalue weighted by Gasteiger charge is 2.29. The summed E-state index contributed by atoms with van der Waals surface area (Å²) in [4.78, 5) is 20.7. The molecule has 0 bridgehead atoms. The van der Waals surface area contributed by atoms with Crippen molar-refractivity contribution in [1.82, 2.24) is 10.2 Å². The van der Waals surface area contributed by atoms with Gasteiger partial charge in [0.2, 0.25) is 0 Å². The minimum Gasteiger partial charge on any atom is -0.482 e. The zero-order chi connectivity index (χ0) is 22.5. The Morgan fingerprint density at radius 1 is 1.19 bits per heavy atom. The van der Waals surface area contributed by atoms with Crippen LogP contribution in [-0.2, 0) is 9.53 Å². The number of hydrogen-bond acceptors (Lipinski definition) is 4. The zero-order valence-corrected chi connectivity index (χ0v) is 18.5. The number of anilines is 1. The van der Waals surface area contributed by atoms with E-state index < -0.39 is 0 Å². The normalized spacial score (nSPS) is 21.2. The highest BCUT2D eigenvalue weighted by Crippen LogP contribution is 2.31. The van der Waals surface area contributed by atoms with Crippen LogP contribution in [0.1, 0.15) is 25.0 Å². The molecule has 170 valence electrons. The van der Waals surface area contributed by atoms with Crippen LogP contribution in [0.2, 0.25) is 0 Å². The van der Waals surface area contributed by atoms with Gasteiger partial charge in [0.05, 0.1) is 18.3 Å². The molecule has 1 amide bonds. The molecule has 1 fully saturated rings. The van der Waals surface area contributed by atoms with E-state index >= 15 is 0 Å². The number of amides is 1. The average Bonchev–Trinajstić information content (AvgIpc) is 2.80. The Bertz CT molecular complexity index is 966. The van der Waals surface area contributed by atoms with Gasteiger partial charge < -0.3 is 24.6 Å². The fourth-order valence-electron chi connectivity index (χ4n) is 4.15. The fraction of sp³-hybridized carbons (Fsp3) is 0.417. The smallest absolute Gasteiger partial charge is 0.265 e. The number of ether oxygens (including phenoxy) is 2. The molecule has 2 aromatic carbocycles. The van der Waals surface area contributed by atoms with E-state index in [9.17, 15) is 9.18 Å². The molecule has 1 N–H and O–H groups in total. The van der Waals surface area contributed by atoms with E-state index in [2.05, 4.69) is 15.2 Å². The molecule has 2 heterocycles. The summed E-state index contributed by atoms with van der Waals surface area (Å²) in [7, 11) is 1.76. The van der Waals surface area contributed by atoms with Crippen molar-refractivity contribution >= 4 is 17.6 Å². The third kappa shape index (κ3) is 5.02. The van der Waals surface area contributed by atoms with Gasteiger partial charge in [-0.2, -0.15) is 0 Å². The third-order valence-electron chi connectivity index (χ3n) is 5.66. The summed E-state index contributed by atoms with van der Waals surface area (Å²) in [5.74, 6) is 1.25. The standard InChI is InChI=1S/C24H29FN4O3/c1-17-14-28(15-22(32-17)18-8-10-19(25)11-9-18)24(26-2)27-12-5-13-29-20-6-3-4-7-21(20)31-16-23(29)30/h3-4,6-11,17,22H,5,12-16H2,1-2H3,(H,26,27). The van der Waals surface area contributed by atoms with Crippen molar-refractivity contribution in [3.05, 3.63) is 59.9 Å². The summed E-state index contributed by atoms with van der Waals surface area (Å²) in [6.07, 6.45) is 0.626. The maximum absolute atomic E-state index is 13.3. The topological polar surface area (TPSA) is 66.4 Å². The summed E-state index contributed by atoms with van der Waals surface area (Å²) in [6.45, 7) is 4.71. The Kier molecular flexibility index (Phi) is 6.90. The molecule has 0 saturated carbocycles. The van der Waals surface area contributed by atoms with Gasteiger partial charge >= 0.3 is 0 Å². The molecular weight excluding hydrogens is 411 g/mol. The Morgan fingerprint density at radius 2 is 1.97 bits per heavy atom. The van der Waals surface area contributed by atoms with Gasteiger partial charge in [-0.25, -0.2) is 4.39 Å². The fourth-order valence-corrected chi connectivity index (χ4v) is 4.15. The predicted molar refractivity (Wildman–Crippen MR) is 122 cm³/mol. The quantitative estimate of drug-likeness (QED) is 0.440. The molecule has 2 unspecified atom stereocenters. The summed E-state index contributed by atoms with van der Waals surface area (Å²) in [6, 6.07) is 14.1. The SMILES string of the molecule is CN=C(NCCCN1C(=O)COc2ccccc21)N1CC(C)OC(c2ccc(F)cc2)C1. The van der Waals surface area contributed by atoms with Gasteiger partial charge in [0.15, 0.2) is 12.6 Å². The number of guanidine groups is 1. The van der Waals surface area contributed by atoms with Crippen LogP contribution in [0.4, 0.5) is 10.1 Å². The Morgan fingerprint density at radius 3 is 2.75 bits per heavy atom. The molecule has 2 aromatic rings. The summed E-state index contributed by atoms with van der Waals surface area (Å²) < 4.78 is 24.9. The number of nitrogens with one attached hydrogen (secondary N) is 1. The van der Waals surface area contributed by atoms with Crippen LogP contribution in [0.5, 0.6) is 5.75 Å². The number of halogens is 1. The molecule has 7 nitrogen and oxygen atoms in total. The molecule has 8 heteroatoms. The Balaban J connectivity index is 1.33. The molecule has 0 aromatic heterocycles. The molecule has 1 saturated heterocycles. The monoisotopic (exact) mass is 440 g/mol. The van der Waals surface area contributed by atoms with E-state index in [1.165, 1.54) is 12.1 Å². The number of fused-ring (bicyclic) bond motifs is 1. The number of rotatable bonds is 5. The first-order chi connectivity index (χ1) is 15.5. The van der Waals surface area contributed by atoms with Crippen molar-refractivity contribution in [1.29, 1.82) is 0 Å². The van der Waals surface area contributed by atoms with Crippen molar-refractivity contribution in [3.63, 3.8) is 0 Å². The number of hydrogen-bond donors (Lipinski definition) is 1.